The maximum atomic E-state index is 13.6. The maximum Gasteiger partial charge on any atom is 0.326 e. The van der Waals surface area contributed by atoms with Crippen LogP contribution in [0, 0.1) is 17.0 Å². The van der Waals surface area contributed by atoms with Gasteiger partial charge in [0.05, 0.1) is 0 Å². The van der Waals surface area contributed by atoms with Crippen LogP contribution in [-0.4, -0.2) is 76.0 Å². The minimum atomic E-state index is -1.03. The van der Waals surface area contributed by atoms with Gasteiger partial charge in [-0.1, -0.05) is 6.07 Å². The molecule has 1 atom stereocenters. The summed E-state index contributed by atoms with van der Waals surface area (Å²) in [5.74, 6) is -0.597. The molecule has 44 heavy (non-hydrogen) atoms. The van der Waals surface area contributed by atoms with Crippen LogP contribution in [0.1, 0.15) is 36.9 Å². The second kappa shape index (κ2) is 16.8. The number of aliphatic carboxylic acids is 1. The van der Waals surface area contributed by atoms with Crippen molar-refractivity contribution < 1.29 is 23.4 Å². The average Bonchev–Trinajstić information content (AvgIpc) is 3.00. The Kier molecular flexibility index (Phi) is 12.4. The molecule has 3 aromatic rings. The number of nitrogens with one attached hydrogen (secondary N) is 4. The first-order valence-corrected chi connectivity index (χ1v) is 14.7. The highest BCUT2D eigenvalue weighted by Crippen LogP contribution is 2.21. The van der Waals surface area contributed by atoms with Gasteiger partial charge < -0.3 is 31.2 Å². The van der Waals surface area contributed by atoms with Gasteiger partial charge in [0.2, 0.25) is 0 Å². The van der Waals surface area contributed by atoms with Crippen molar-refractivity contribution in [3.05, 3.63) is 77.9 Å². The molecule has 0 amide bonds. The van der Waals surface area contributed by atoms with Crippen LogP contribution in [0.25, 0.3) is 0 Å². The number of carboxylic acid groups (broad SMARTS) is 1. The fraction of sp³-hybridized carbons (Fsp3) is 0.387. The van der Waals surface area contributed by atoms with E-state index in [2.05, 4.69) is 43.0 Å². The molecule has 4 rings (SSSR count). The van der Waals surface area contributed by atoms with E-state index >= 15 is 0 Å². The maximum absolute atomic E-state index is 13.6. The van der Waals surface area contributed by atoms with Crippen molar-refractivity contribution in [3.63, 3.8) is 0 Å². The van der Waals surface area contributed by atoms with Gasteiger partial charge in [0.25, 0.3) is 0 Å². The zero-order chi connectivity index (χ0) is 31.1. The van der Waals surface area contributed by atoms with Crippen LogP contribution in [0.4, 0.5) is 26.2 Å². The molecule has 13 heteroatoms. The number of pyridine rings is 1. The van der Waals surface area contributed by atoms with Crippen LogP contribution in [-0.2, 0) is 17.6 Å². The van der Waals surface area contributed by atoms with Gasteiger partial charge in [0, 0.05) is 62.0 Å². The van der Waals surface area contributed by atoms with Crippen LogP contribution in [0.2, 0.25) is 0 Å². The number of hydrogen-bond donors (Lipinski definition) is 5. The molecule has 0 fully saturated rings. The van der Waals surface area contributed by atoms with E-state index in [1.807, 2.05) is 0 Å². The monoisotopic (exact) mass is 608 g/mol. The standard InChI is InChI=1S/C31H38F2N8O3/c32-23-17-24(33)19-26(18-23)44-16-15-41(13-2-1-6-25-8-7-22-5-3-11-36-30(22)39-25)14-9-27(31(42)43)40-29-20-28(37-21-38-29)35-12-4-10-34/h4,7-8,10,12,17-21,27,34H,1-3,5-6,9,11,13-16H2,(H,36,39)(H,42,43)(H2,35,37,38,40)/b12-4-,34-10?/t27-/m0/s1. The van der Waals surface area contributed by atoms with Crippen molar-refractivity contribution in [1.82, 2.24) is 19.9 Å². The Morgan fingerprint density at radius 3 is 2.73 bits per heavy atom. The van der Waals surface area contributed by atoms with Gasteiger partial charge in [-0.25, -0.2) is 28.5 Å². The van der Waals surface area contributed by atoms with E-state index in [0.29, 0.717) is 31.3 Å². The summed E-state index contributed by atoms with van der Waals surface area (Å²) in [6.07, 6.45) is 10.4. The molecule has 234 valence electrons. The van der Waals surface area contributed by atoms with E-state index in [0.717, 1.165) is 74.6 Å². The first-order valence-electron chi connectivity index (χ1n) is 14.7. The third-order valence-corrected chi connectivity index (χ3v) is 7.07. The minimum absolute atomic E-state index is 0.100. The topological polar surface area (TPSA) is 148 Å². The smallest absolute Gasteiger partial charge is 0.326 e. The van der Waals surface area contributed by atoms with Crippen molar-refractivity contribution in [2.24, 2.45) is 0 Å². The summed E-state index contributed by atoms with van der Waals surface area (Å²) in [7, 11) is 0. The molecule has 0 aliphatic carbocycles. The summed E-state index contributed by atoms with van der Waals surface area (Å²) in [5.41, 5.74) is 2.28. The second-order valence-electron chi connectivity index (χ2n) is 10.4. The third-order valence-electron chi connectivity index (χ3n) is 7.07. The molecule has 0 radical (unpaired) electrons. The molecule has 5 N–H and O–H groups in total. The number of allylic oxidation sites excluding steroid dienone is 1. The molecule has 1 aromatic carbocycles. The summed E-state index contributed by atoms with van der Waals surface area (Å²) >= 11 is 0. The lowest BCUT2D eigenvalue weighted by atomic mass is 10.1. The van der Waals surface area contributed by atoms with Crippen molar-refractivity contribution in [2.45, 2.75) is 44.6 Å². The second-order valence-corrected chi connectivity index (χ2v) is 10.4. The number of carbonyl (C=O) groups is 1. The van der Waals surface area contributed by atoms with E-state index < -0.39 is 23.6 Å². The normalized spacial score (nSPS) is 13.2. The average molecular weight is 609 g/mol. The number of anilines is 3. The van der Waals surface area contributed by atoms with E-state index in [1.54, 1.807) is 6.07 Å². The number of aryl methyl sites for hydroxylation is 2. The van der Waals surface area contributed by atoms with Crippen LogP contribution < -0.4 is 20.7 Å². The van der Waals surface area contributed by atoms with Gasteiger partial charge in [0.1, 0.15) is 53.8 Å². The molecule has 0 unspecified atom stereocenters. The van der Waals surface area contributed by atoms with Crippen LogP contribution in [0.5, 0.6) is 5.75 Å². The van der Waals surface area contributed by atoms with Crippen LogP contribution >= 0.6 is 0 Å². The predicted octanol–water partition coefficient (Wildman–Crippen LogP) is 4.74. The zero-order valence-electron chi connectivity index (χ0n) is 24.4. The highest BCUT2D eigenvalue weighted by Gasteiger charge is 2.20. The van der Waals surface area contributed by atoms with Gasteiger partial charge in [-0.2, -0.15) is 0 Å². The quantitative estimate of drug-likeness (QED) is 0.101. The molecule has 0 spiro atoms. The molecule has 1 aliphatic rings. The molecular formula is C31H38F2N8O3. The molecule has 2 aromatic heterocycles. The number of carboxylic acids is 1. The molecule has 0 saturated heterocycles. The number of fused-ring (bicyclic) bond motifs is 1. The lowest BCUT2D eigenvalue weighted by Crippen LogP contribution is -2.37. The van der Waals surface area contributed by atoms with Crippen LogP contribution in [0.3, 0.4) is 0 Å². The highest BCUT2D eigenvalue weighted by atomic mass is 19.1. The largest absolute Gasteiger partial charge is 0.492 e. The molecule has 0 saturated carbocycles. The molecular weight excluding hydrogens is 570 g/mol. The summed E-state index contributed by atoms with van der Waals surface area (Å²) < 4.78 is 32.8. The van der Waals surface area contributed by atoms with Gasteiger partial charge >= 0.3 is 5.97 Å². The first-order chi connectivity index (χ1) is 21.4. The van der Waals surface area contributed by atoms with E-state index in [4.69, 9.17) is 15.1 Å². The Morgan fingerprint density at radius 1 is 1.11 bits per heavy atom. The molecule has 0 bridgehead atoms. The number of rotatable bonds is 18. The Hall–Kier alpha value is -4.65. The van der Waals surface area contributed by atoms with E-state index in [-0.39, 0.29) is 18.8 Å². The van der Waals surface area contributed by atoms with Gasteiger partial charge in [0.15, 0.2) is 0 Å². The third kappa shape index (κ3) is 10.6. The summed E-state index contributed by atoms with van der Waals surface area (Å²) in [6.45, 7) is 2.66. The molecule has 1 aliphatic heterocycles. The van der Waals surface area contributed by atoms with Crippen LogP contribution in [0.15, 0.2) is 55.0 Å². The Morgan fingerprint density at radius 2 is 1.93 bits per heavy atom. The Bertz CT molecular complexity index is 1400. The highest BCUT2D eigenvalue weighted by molar-refractivity contribution is 5.77. The number of hydrogen-bond acceptors (Lipinski definition) is 10. The fourth-order valence-electron chi connectivity index (χ4n) is 4.83. The fourth-order valence-corrected chi connectivity index (χ4v) is 4.83. The van der Waals surface area contributed by atoms with Crippen molar-refractivity contribution in [2.75, 3.05) is 48.7 Å². The lowest BCUT2D eigenvalue weighted by molar-refractivity contribution is -0.138. The number of unbranched alkanes of at least 4 members (excludes halogenated alkanes) is 1. The summed E-state index contributed by atoms with van der Waals surface area (Å²) in [4.78, 5) is 27.2. The predicted molar refractivity (Wildman–Crippen MR) is 166 cm³/mol. The minimum Gasteiger partial charge on any atom is -0.492 e. The van der Waals surface area contributed by atoms with Crippen molar-refractivity contribution in [3.8, 4) is 5.75 Å². The number of ether oxygens (including phenoxy) is 1. The zero-order valence-corrected chi connectivity index (χ0v) is 24.4. The van der Waals surface area contributed by atoms with Crippen molar-refractivity contribution in [1.29, 1.82) is 5.41 Å². The number of aromatic nitrogens is 3. The van der Waals surface area contributed by atoms with E-state index in [1.165, 1.54) is 24.2 Å². The van der Waals surface area contributed by atoms with E-state index in [9.17, 15) is 18.7 Å². The van der Waals surface area contributed by atoms with Gasteiger partial charge in [-0.3, -0.25) is 4.90 Å². The summed E-state index contributed by atoms with van der Waals surface area (Å²) in [6, 6.07) is 7.92. The number of halogens is 2. The first kappa shape index (κ1) is 32.3. The molecule has 3 heterocycles. The number of benzene rings is 1. The molecule has 11 nitrogen and oxygen atoms in total. The number of nitrogens with zero attached hydrogens (tertiary/aromatic N) is 4. The SMILES string of the molecule is N=C/C=C\Nc1cc(N[C@@H](CCN(CCCCc2ccc3c(n2)NCCC3)CCOc2cc(F)cc(F)c2)C(=O)O)ncn1. The Balaban J connectivity index is 1.33. The van der Waals surface area contributed by atoms with Gasteiger partial charge in [-0.05, 0) is 62.8 Å². The Labute approximate surface area is 255 Å². The van der Waals surface area contributed by atoms with Gasteiger partial charge in [-0.15, -0.1) is 0 Å². The van der Waals surface area contributed by atoms with Crippen molar-refractivity contribution >= 4 is 29.6 Å². The lowest BCUT2D eigenvalue weighted by Gasteiger charge is -2.25. The summed E-state index contributed by atoms with van der Waals surface area (Å²) in [5, 5.41) is 26.2.